The van der Waals surface area contributed by atoms with E-state index < -0.39 is 94.4 Å². The van der Waals surface area contributed by atoms with Gasteiger partial charge >= 0.3 is 29.8 Å². The number of aliphatic hydroxyl groups is 2. The zero-order valence-electron chi connectivity index (χ0n) is 26.0. The van der Waals surface area contributed by atoms with Crippen LogP contribution in [0.25, 0.3) is 0 Å². The SMILES string of the molecule is CC(=O)O[C@@H]1C2=C(C)[C@@H](O)C[C@@]2(C(C)(C)O)[C@@H](OC(C)=O)[C@H]2[C@]3(OC(C)=O)CO[C@@H]3C[C@H](OC(C)=O)[C@@]2(C)[C@H]1OC(C)=O. The first-order chi connectivity index (χ1) is 19.7. The minimum Gasteiger partial charge on any atom is -0.462 e. The van der Waals surface area contributed by atoms with E-state index in [-0.39, 0.29) is 25.0 Å². The molecule has 0 amide bonds. The highest BCUT2D eigenvalue weighted by molar-refractivity contribution is 5.70. The van der Waals surface area contributed by atoms with E-state index in [1.165, 1.54) is 34.6 Å². The van der Waals surface area contributed by atoms with Gasteiger partial charge in [0.05, 0.1) is 35.1 Å². The molecule has 2 N–H and O–H groups in total. The van der Waals surface area contributed by atoms with Crippen molar-refractivity contribution in [3.8, 4) is 0 Å². The van der Waals surface area contributed by atoms with Crippen LogP contribution in [0.15, 0.2) is 11.1 Å². The second kappa shape index (κ2) is 10.8. The molecule has 10 atom stereocenters. The maximum atomic E-state index is 13.0. The molecule has 13 heteroatoms. The lowest BCUT2D eigenvalue weighted by Gasteiger charge is -2.65. The van der Waals surface area contributed by atoms with Crippen molar-refractivity contribution in [2.24, 2.45) is 16.7 Å². The van der Waals surface area contributed by atoms with Crippen molar-refractivity contribution in [2.75, 3.05) is 6.61 Å². The van der Waals surface area contributed by atoms with Gasteiger partial charge in [-0.1, -0.05) is 6.92 Å². The van der Waals surface area contributed by atoms with E-state index in [4.69, 9.17) is 28.4 Å². The highest BCUT2D eigenvalue weighted by Crippen LogP contribution is 2.68. The molecule has 4 aliphatic rings. The number of aliphatic hydroxyl groups excluding tert-OH is 1. The molecule has 4 rings (SSSR count). The topological polar surface area (TPSA) is 181 Å². The van der Waals surface area contributed by atoms with Crippen molar-refractivity contribution in [2.45, 2.75) is 123 Å². The largest absolute Gasteiger partial charge is 0.462 e. The second-order valence-electron chi connectivity index (χ2n) is 13.0. The normalized spacial score (nSPS) is 40.0. The van der Waals surface area contributed by atoms with Crippen molar-refractivity contribution in [3.05, 3.63) is 11.1 Å². The van der Waals surface area contributed by atoms with Gasteiger partial charge in [0.1, 0.15) is 18.3 Å². The van der Waals surface area contributed by atoms with Crippen molar-refractivity contribution in [1.29, 1.82) is 0 Å². The Morgan fingerprint density at radius 3 is 1.84 bits per heavy atom. The Hall–Kier alpha value is -3.03. The van der Waals surface area contributed by atoms with Gasteiger partial charge in [-0.25, -0.2) is 0 Å². The van der Waals surface area contributed by atoms with E-state index in [9.17, 15) is 34.2 Å². The summed E-state index contributed by atoms with van der Waals surface area (Å²) < 4.78 is 35.9. The third kappa shape index (κ3) is 4.93. The average Bonchev–Trinajstić information content (AvgIpc) is 3.07. The van der Waals surface area contributed by atoms with Crippen LogP contribution in [0.5, 0.6) is 0 Å². The Morgan fingerprint density at radius 2 is 1.40 bits per heavy atom. The lowest BCUT2D eigenvalue weighted by atomic mass is 9.49. The molecule has 1 aliphatic heterocycles. The Kier molecular flexibility index (Phi) is 8.29. The fraction of sp³-hybridized carbons (Fsp3) is 0.767. The minimum atomic E-state index is -1.79. The molecule has 1 heterocycles. The van der Waals surface area contributed by atoms with Crippen LogP contribution >= 0.6 is 0 Å². The van der Waals surface area contributed by atoms with Gasteiger partial charge in [0.2, 0.25) is 0 Å². The summed E-state index contributed by atoms with van der Waals surface area (Å²) in [6, 6.07) is 0. The van der Waals surface area contributed by atoms with Crippen LogP contribution < -0.4 is 0 Å². The highest BCUT2D eigenvalue weighted by atomic mass is 16.6. The van der Waals surface area contributed by atoms with E-state index in [2.05, 4.69) is 0 Å². The molecule has 1 saturated heterocycles. The molecular weight excluding hydrogens is 568 g/mol. The molecule has 0 aromatic rings. The predicted octanol–water partition coefficient (Wildman–Crippen LogP) is 1.29. The van der Waals surface area contributed by atoms with Crippen LogP contribution in [-0.4, -0.2) is 94.5 Å². The number of hydrogen-bond donors (Lipinski definition) is 2. The Balaban J connectivity index is 2.23. The summed E-state index contributed by atoms with van der Waals surface area (Å²) in [5, 5.41) is 23.4. The molecule has 0 radical (unpaired) electrons. The third-order valence-electron chi connectivity index (χ3n) is 9.87. The molecule has 13 nitrogen and oxygen atoms in total. The number of ether oxygens (including phenoxy) is 6. The lowest BCUT2D eigenvalue weighted by Crippen LogP contribution is -2.79. The monoisotopic (exact) mass is 610 g/mol. The fourth-order valence-electron chi connectivity index (χ4n) is 8.39. The lowest BCUT2D eigenvalue weighted by molar-refractivity contribution is -0.353. The zero-order chi connectivity index (χ0) is 32.4. The van der Waals surface area contributed by atoms with Crippen LogP contribution in [0.1, 0.15) is 75.2 Å². The molecule has 3 fully saturated rings. The van der Waals surface area contributed by atoms with E-state index in [1.54, 1.807) is 13.8 Å². The van der Waals surface area contributed by atoms with Gasteiger partial charge in [0.15, 0.2) is 17.8 Å². The predicted molar refractivity (Wildman–Crippen MR) is 145 cm³/mol. The van der Waals surface area contributed by atoms with E-state index >= 15 is 0 Å². The first kappa shape index (κ1) is 32.9. The number of esters is 5. The Bertz CT molecular complexity index is 1250. The number of hydrogen-bond acceptors (Lipinski definition) is 13. The van der Waals surface area contributed by atoms with Gasteiger partial charge in [-0.05, 0) is 38.3 Å². The smallest absolute Gasteiger partial charge is 0.303 e. The molecule has 3 aliphatic carbocycles. The molecule has 0 aromatic carbocycles. The summed E-state index contributed by atoms with van der Waals surface area (Å²) in [7, 11) is 0. The van der Waals surface area contributed by atoms with Gasteiger partial charge in [-0.15, -0.1) is 0 Å². The van der Waals surface area contributed by atoms with Crippen molar-refractivity contribution < 1.29 is 62.6 Å². The average molecular weight is 611 g/mol. The van der Waals surface area contributed by atoms with Gasteiger partial charge in [-0.3, -0.25) is 24.0 Å². The number of rotatable bonds is 6. The van der Waals surface area contributed by atoms with Crippen LogP contribution in [0.2, 0.25) is 0 Å². The molecule has 0 unspecified atom stereocenters. The molecule has 0 aromatic heterocycles. The minimum absolute atomic E-state index is 0.00657. The van der Waals surface area contributed by atoms with E-state index in [0.29, 0.717) is 5.57 Å². The molecule has 0 bridgehead atoms. The van der Waals surface area contributed by atoms with Crippen molar-refractivity contribution in [1.82, 2.24) is 0 Å². The Labute approximate surface area is 250 Å². The molecule has 43 heavy (non-hydrogen) atoms. The van der Waals surface area contributed by atoms with E-state index in [1.807, 2.05) is 0 Å². The number of carbonyl (C=O) groups is 5. The fourth-order valence-corrected chi connectivity index (χ4v) is 8.39. The third-order valence-corrected chi connectivity index (χ3v) is 9.87. The summed E-state index contributed by atoms with van der Waals surface area (Å²) in [4.78, 5) is 63.7. The van der Waals surface area contributed by atoms with Gasteiger partial charge < -0.3 is 38.6 Å². The van der Waals surface area contributed by atoms with Crippen molar-refractivity contribution in [3.63, 3.8) is 0 Å². The molecule has 0 spiro atoms. The van der Waals surface area contributed by atoms with Gasteiger partial charge in [0, 0.05) is 41.0 Å². The quantitative estimate of drug-likeness (QED) is 0.250. The first-order valence-electron chi connectivity index (χ1n) is 14.4. The maximum Gasteiger partial charge on any atom is 0.303 e. The van der Waals surface area contributed by atoms with Crippen LogP contribution in [0, 0.1) is 16.7 Å². The van der Waals surface area contributed by atoms with Crippen LogP contribution in [0.3, 0.4) is 0 Å². The summed E-state index contributed by atoms with van der Waals surface area (Å²) in [5.74, 6) is -4.83. The number of carbonyl (C=O) groups excluding carboxylic acids is 5. The van der Waals surface area contributed by atoms with Crippen molar-refractivity contribution >= 4 is 29.8 Å². The highest BCUT2D eigenvalue weighted by Gasteiger charge is 2.80. The summed E-state index contributed by atoms with van der Waals surface area (Å²) >= 11 is 0. The maximum absolute atomic E-state index is 13.0. The summed E-state index contributed by atoms with van der Waals surface area (Å²) in [6.07, 6.45) is -7.62. The summed E-state index contributed by atoms with van der Waals surface area (Å²) in [6.45, 7) is 11.9. The first-order valence-corrected chi connectivity index (χ1v) is 14.4. The molecular formula is C30H42O13. The Morgan fingerprint density at radius 1 is 0.860 bits per heavy atom. The molecule has 240 valence electrons. The van der Waals surface area contributed by atoms with Crippen LogP contribution in [-0.2, 0) is 52.4 Å². The van der Waals surface area contributed by atoms with Gasteiger partial charge in [0.25, 0.3) is 0 Å². The zero-order valence-corrected chi connectivity index (χ0v) is 26.0. The molecule has 2 saturated carbocycles. The van der Waals surface area contributed by atoms with E-state index in [0.717, 1.165) is 13.8 Å². The van der Waals surface area contributed by atoms with Gasteiger partial charge in [-0.2, -0.15) is 0 Å². The summed E-state index contributed by atoms with van der Waals surface area (Å²) in [5.41, 5.74) is -6.07. The number of fused-ring (bicyclic) bond motifs is 4. The standard InChI is InChI=1S/C30H42O13/c1-13-19(36)11-29(27(7,8)37)22(13)23(40-15(3)32)25(41-16(4)33)28(9)20(39-14(2)31)10-21-30(12-38-21,43-18(6)35)24(28)26(29)42-17(5)34/h19-21,23-26,36-37H,10-12H2,1-9H3/t19-,20-,21+,23+,24+,25-,26-,28+,29-,30-/m0/s1. The second-order valence-corrected chi connectivity index (χ2v) is 13.0. The van der Waals surface area contributed by atoms with Crippen LogP contribution in [0.4, 0.5) is 0 Å².